The minimum absolute atomic E-state index is 0.0924. The Morgan fingerprint density at radius 1 is 0.735 bits per heavy atom. The molecule has 0 saturated heterocycles. The summed E-state index contributed by atoms with van der Waals surface area (Å²) in [6, 6.07) is -3.67. The van der Waals surface area contributed by atoms with Crippen molar-refractivity contribution in [2.45, 2.75) is 96.8 Å². The summed E-state index contributed by atoms with van der Waals surface area (Å²) in [6.07, 6.45) is 3.72. The van der Waals surface area contributed by atoms with E-state index in [9.17, 15) is 24.3 Å². The van der Waals surface area contributed by atoms with E-state index in [4.69, 9.17) is 17.2 Å². The van der Waals surface area contributed by atoms with Gasteiger partial charge < -0.3 is 38.3 Å². The van der Waals surface area contributed by atoms with E-state index >= 15 is 0 Å². The average molecular weight is 487 g/mol. The van der Waals surface area contributed by atoms with Crippen molar-refractivity contribution in [3.63, 3.8) is 0 Å². The number of carboxylic acid groups (broad SMARTS) is 1. The van der Waals surface area contributed by atoms with E-state index < -0.39 is 47.9 Å². The molecule has 198 valence electrons. The van der Waals surface area contributed by atoms with Crippen LogP contribution >= 0.6 is 0 Å². The maximum Gasteiger partial charge on any atom is 0.326 e. The van der Waals surface area contributed by atoms with Crippen LogP contribution in [0.1, 0.15) is 72.6 Å². The first kappa shape index (κ1) is 31.8. The molecule has 0 fully saturated rings. The minimum atomic E-state index is -1.15. The maximum atomic E-state index is 13.1. The molecule has 0 aromatic rings. The highest BCUT2D eigenvalue weighted by Crippen LogP contribution is 2.10. The van der Waals surface area contributed by atoms with E-state index in [1.165, 1.54) is 0 Å². The van der Waals surface area contributed by atoms with Crippen LogP contribution in [0.2, 0.25) is 0 Å². The van der Waals surface area contributed by atoms with Gasteiger partial charge in [-0.15, -0.1) is 0 Å². The van der Waals surface area contributed by atoms with Crippen LogP contribution in [0.4, 0.5) is 0 Å². The number of nitrogens with two attached hydrogens (primary N) is 3. The van der Waals surface area contributed by atoms with E-state index in [0.29, 0.717) is 45.2 Å². The Bertz CT molecular complexity index is 643. The number of rotatable bonds is 18. The van der Waals surface area contributed by atoms with Crippen LogP contribution in [0.25, 0.3) is 0 Å². The van der Waals surface area contributed by atoms with Crippen molar-refractivity contribution >= 4 is 23.7 Å². The fourth-order valence-corrected chi connectivity index (χ4v) is 3.42. The number of carbonyl (C=O) groups is 4. The van der Waals surface area contributed by atoms with Crippen molar-refractivity contribution in [2.24, 2.45) is 29.0 Å². The summed E-state index contributed by atoms with van der Waals surface area (Å²) in [7, 11) is 0. The molecular formula is C23H46N6O5. The first-order chi connectivity index (χ1) is 15.9. The van der Waals surface area contributed by atoms with Crippen molar-refractivity contribution in [3.8, 4) is 0 Å². The van der Waals surface area contributed by atoms with E-state index in [0.717, 1.165) is 6.42 Å². The molecule has 0 saturated carbocycles. The molecule has 0 rings (SSSR count). The molecule has 0 aliphatic heterocycles. The highest BCUT2D eigenvalue weighted by atomic mass is 16.4. The number of nitrogens with one attached hydrogen (secondary N) is 3. The molecule has 0 aliphatic rings. The van der Waals surface area contributed by atoms with Crippen LogP contribution in [0.15, 0.2) is 0 Å². The number of unbranched alkanes of at least 4 members (excludes halogenated alkanes) is 2. The summed E-state index contributed by atoms with van der Waals surface area (Å²) >= 11 is 0. The zero-order valence-electron chi connectivity index (χ0n) is 21.1. The lowest BCUT2D eigenvalue weighted by atomic mass is 9.99. The number of carboxylic acids is 1. The van der Waals surface area contributed by atoms with Gasteiger partial charge in [0.2, 0.25) is 17.7 Å². The standard InChI is InChI=1S/C23H46N6O5/c1-14(2)13-18(28-20(30)16(26)9-5-7-11-24)21(31)29-19(15(3)4)22(32)27-17(23(33)34)10-6-8-12-25/h14-19H,5-13,24-26H2,1-4H3,(H,27,32)(H,28,30)(H,29,31)(H,33,34). The Kier molecular flexibility index (Phi) is 16.1. The molecule has 0 aliphatic carbocycles. The molecule has 4 unspecified atom stereocenters. The molecule has 0 aromatic heterocycles. The van der Waals surface area contributed by atoms with Crippen molar-refractivity contribution < 1.29 is 24.3 Å². The second kappa shape index (κ2) is 17.2. The molecule has 4 atom stereocenters. The average Bonchev–Trinajstić information content (AvgIpc) is 2.75. The fraction of sp³-hybridized carbons (Fsp3) is 0.826. The summed E-state index contributed by atoms with van der Waals surface area (Å²) in [5.74, 6) is -2.90. The molecule has 11 nitrogen and oxygen atoms in total. The van der Waals surface area contributed by atoms with Crippen LogP contribution in [0.3, 0.4) is 0 Å². The predicted molar refractivity (Wildman–Crippen MR) is 132 cm³/mol. The fourth-order valence-electron chi connectivity index (χ4n) is 3.42. The molecule has 34 heavy (non-hydrogen) atoms. The van der Waals surface area contributed by atoms with Gasteiger partial charge in [-0.3, -0.25) is 14.4 Å². The molecule has 11 heteroatoms. The van der Waals surface area contributed by atoms with Gasteiger partial charge in [0.25, 0.3) is 0 Å². The molecule has 3 amide bonds. The topological polar surface area (TPSA) is 203 Å². The third kappa shape index (κ3) is 12.9. The summed E-state index contributed by atoms with van der Waals surface area (Å²) in [4.78, 5) is 50.0. The van der Waals surface area contributed by atoms with Crippen molar-refractivity contribution in [2.75, 3.05) is 13.1 Å². The highest BCUT2D eigenvalue weighted by Gasteiger charge is 2.32. The zero-order chi connectivity index (χ0) is 26.3. The Labute approximate surface area is 203 Å². The monoisotopic (exact) mass is 486 g/mol. The van der Waals surface area contributed by atoms with E-state index in [-0.39, 0.29) is 18.3 Å². The molecular weight excluding hydrogens is 440 g/mol. The van der Waals surface area contributed by atoms with Gasteiger partial charge in [0, 0.05) is 0 Å². The summed E-state index contributed by atoms with van der Waals surface area (Å²) < 4.78 is 0. The zero-order valence-corrected chi connectivity index (χ0v) is 21.1. The number of hydrogen-bond acceptors (Lipinski definition) is 7. The third-order valence-corrected chi connectivity index (χ3v) is 5.45. The largest absolute Gasteiger partial charge is 0.480 e. The van der Waals surface area contributed by atoms with Gasteiger partial charge >= 0.3 is 5.97 Å². The predicted octanol–water partition coefficient (Wildman–Crippen LogP) is -0.187. The van der Waals surface area contributed by atoms with Crippen LogP contribution < -0.4 is 33.2 Å². The highest BCUT2D eigenvalue weighted by molar-refractivity contribution is 5.94. The number of amides is 3. The quantitative estimate of drug-likeness (QED) is 0.129. The van der Waals surface area contributed by atoms with E-state index in [2.05, 4.69) is 16.0 Å². The second-order valence-corrected chi connectivity index (χ2v) is 9.50. The number of hydrogen-bond donors (Lipinski definition) is 7. The van der Waals surface area contributed by atoms with E-state index in [1.54, 1.807) is 13.8 Å². The lowest BCUT2D eigenvalue weighted by Crippen LogP contribution is -2.58. The number of aliphatic carboxylic acids is 1. The molecule has 0 radical (unpaired) electrons. The van der Waals surface area contributed by atoms with Crippen LogP contribution in [-0.4, -0.2) is 66.1 Å². The maximum absolute atomic E-state index is 13.1. The summed E-state index contributed by atoms with van der Waals surface area (Å²) in [5, 5.41) is 17.4. The van der Waals surface area contributed by atoms with Gasteiger partial charge in [0.05, 0.1) is 6.04 Å². The Morgan fingerprint density at radius 3 is 1.74 bits per heavy atom. The molecule has 0 aromatic carbocycles. The Morgan fingerprint density at radius 2 is 1.26 bits per heavy atom. The van der Waals surface area contributed by atoms with E-state index in [1.807, 2.05) is 13.8 Å². The van der Waals surface area contributed by atoms with Gasteiger partial charge in [-0.2, -0.15) is 0 Å². The van der Waals surface area contributed by atoms with Gasteiger partial charge in [-0.05, 0) is 63.5 Å². The molecule has 0 bridgehead atoms. The first-order valence-electron chi connectivity index (χ1n) is 12.2. The van der Waals surface area contributed by atoms with Crippen molar-refractivity contribution in [1.82, 2.24) is 16.0 Å². The first-order valence-corrected chi connectivity index (χ1v) is 12.2. The Balaban J connectivity index is 5.29. The van der Waals surface area contributed by atoms with Crippen LogP contribution in [-0.2, 0) is 19.2 Å². The summed E-state index contributed by atoms with van der Waals surface area (Å²) in [5.41, 5.74) is 16.9. The Hall–Kier alpha value is -2.24. The van der Waals surface area contributed by atoms with Gasteiger partial charge in [0.15, 0.2) is 0 Å². The minimum Gasteiger partial charge on any atom is -0.480 e. The number of carbonyl (C=O) groups excluding carboxylic acids is 3. The summed E-state index contributed by atoms with van der Waals surface area (Å²) in [6.45, 7) is 8.28. The van der Waals surface area contributed by atoms with Gasteiger partial charge in [-0.1, -0.05) is 34.1 Å². The van der Waals surface area contributed by atoms with Crippen LogP contribution in [0.5, 0.6) is 0 Å². The lowest BCUT2D eigenvalue weighted by Gasteiger charge is -2.27. The van der Waals surface area contributed by atoms with Crippen molar-refractivity contribution in [3.05, 3.63) is 0 Å². The van der Waals surface area contributed by atoms with Crippen LogP contribution in [0, 0.1) is 11.8 Å². The SMILES string of the molecule is CC(C)CC(NC(=O)C(N)CCCCN)C(=O)NC(C(=O)NC(CCCCN)C(=O)O)C(C)C. The molecule has 0 heterocycles. The smallest absolute Gasteiger partial charge is 0.326 e. The molecule has 10 N–H and O–H groups in total. The van der Waals surface area contributed by atoms with Gasteiger partial charge in [0.1, 0.15) is 18.1 Å². The normalized spacial score (nSPS) is 14.9. The molecule has 0 spiro atoms. The van der Waals surface area contributed by atoms with Gasteiger partial charge in [-0.25, -0.2) is 4.79 Å². The third-order valence-electron chi connectivity index (χ3n) is 5.45. The lowest BCUT2D eigenvalue weighted by molar-refractivity contribution is -0.142. The second-order valence-electron chi connectivity index (χ2n) is 9.50. The van der Waals surface area contributed by atoms with Crippen molar-refractivity contribution in [1.29, 1.82) is 0 Å².